The Morgan fingerprint density at radius 3 is 2.26 bits per heavy atom. The van der Waals surface area contributed by atoms with Crippen molar-refractivity contribution < 1.29 is 14.3 Å². The van der Waals surface area contributed by atoms with Gasteiger partial charge in [0.25, 0.3) is 5.91 Å². The van der Waals surface area contributed by atoms with Crippen molar-refractivity contribution in [2.45, 2.75) is 46.6 Å². The highest BCUT2D eigenvalue weighted by molar-refractivity contribution is 6.32. The highest BCUT2D eigenvalue weighted by Gasteiger charge is 2.26. The summed E-state index contributed by atoms with van der Waals surface area (Å²) in [4.78, 5) is 28.2. The number of benzene rings is 1. The summed E-state index contributed by atoms with van der Waals surface area (Å²) < 4.78 is 5.60. The maximum absolute atomic E-state index is 12.4. The van der Waals surface area contributed by atoms with E-state index in [4.69, 9.17) is 16.3 Å². The number of piperidine rings is 1. The van der Waals surface area contributed by atoms with Crippen LogP contribution in [0.2, 0.25) is 5.02 Å². The molecule has 0 unspecified atom stereocenters. The number of hydrogen-bond donors (Lipinski definition) is 1. The molecule has 0 radical (unpaired) electrons. The molecule has 1 aromatic carbocycles. The molecule has 0 atom stereocenters. The topological polar surface area (TPSA) is 61.9 Å². The number of carbonyl (C=O) groups excluding carboxylic acids is 2. The highest BCUT2D eigenvalue weighted by atomic mass is 35.5. The van der Waals surface area contributed by atoms with Crippen molar-refractivity contribution in [2.24, 2.45) is 0 Å². The van der Waals surface area contributed by atoms with Crippen molar-refractivity contribution in [3.63, 3.8) is 0 Å². The molecule has 6 nitrogen and oxygen atoms in total. The molecule has 1 N–H and O–H groups in total. The van der Waals surface area contributed by atoms with Gasteiger partial charge in [0.2, 0.25) is 0 Å². The van der Waals surface area contributed by atoms with Crippen LogP contribution in [0.1, 0.15) is 37.8 Å². The van der Waals surface area contributed by atoms with E-state index < -0.39 is 0 Å². The van der Waals surface area contributed by atoms with Crippen LogP contribution in [-0.4, -0.2) is 60.6 Å². The molecule has 0 aliphatic carbocycles. The fourth-order valence-corrected chi connectivity index (χ4v) is 3.43. The Balaban J connectivity index is 1.77. The van der Waals surface area contributed by atoms with Gasteiger partial charge in [-0.3, -0.25) is 4.79 Å². The first-order valence-electron chi connectivity index (χ1n) is 9.58. The van der Waals surface area contributed by atoms with Crippen LogP contribution in [0.15, 0.2) is 12.1 Å². The fraction of sp³-hybridized carbons (Fsp3) is 0.600. The predicted octanol–water partition coefficient (Wildman–Crippen LogP) is 3.38. The number of nitrogens with one attached hydrogen (secondary N) is 1. The van der Waals surface area contributed by atoms with Gasteiger partial charge in [-0.25, -0.2) is 4.79 Å². The summed E-state index contributed by atoms with van der Waals surface area (Å²) in [5, 5.41) is 3.73. The maximum atomic E-state index is 12.4. The molecule has 1 saturated heterocycles. The number of aryl methyl sites for hydroxylation is 2. The molecule has 27 heavy (non-hydrogen) atoms. The molecule has 0 aromatic heterocycles. The van der Waals surface area contributed by atoms with Gasteiger partial charge in [0.05, 0.1) is 0 Å². The van der Waals surface area contributed by atoms with E-state index in [1.807, 2.05) is 49.6 Å². The smallest absolute Gasteiger partial charge is 0.319 e. The molecule has 1 aliphatic rings. The van der Waals surface area contributed by atoms with Gasteiger partial charge < -0.3 is 19.9 Å². The lowest BCUT2D eigenvalue weighted by molar-refractivity contribution is -0.124. The minimum absolute atomic E-state index is 0.0287. The molecule has 150 valence electrons. The summed E-state index contributed by atoms with van der Waals surface area (Å²) in [5.74, 6) is 0.498. The third kappa shape index (κ3) is 5.76. The molecule has 1 fully saturated rings. The first-order chi connectivity index (χ1) is 12.8. The Kier molecular flexibility index (Phi) is 7.78. The molecule has 3 amide bonds. The van der Waals surface area contributed by atoms with Crippen LogP contribution in [0.3, 0.4) is 0 Å². The number of rotatable bonds is 6. The summed E-state index contributed by atoms with van der Waals surface area (Å²) in [6, 6.07) is 3.83. The minimum atomic E-state index is -0.145. The Bertz CT molecular complexity index is 645. The zero-order valence-electron chi connectivity index (χ0n) is 16.7. The van der Waals surface area contributed by atoms with Crippen molar-refractivity contribution >= 4 is 23.5 Å². The van der Waals surface area contributed by atoms with Gasteiger partial charge in [-0.1, -0.05) is 11.6 Å². The van der Waals surface area contributed by atoms with E-state index in [1.165, 1.54) is 0 Å². The zero-order valence-corrected chi connectivity index (χ0v) is 17.4. The lowest BCUT2D eigenvalue weighted by atomic mass is 10.1. The van der Waals surface area contributed by atoms with E-state index in [0.717, 1.165) is 29.0 Å². The first-order valence-corrected chi connectivity index (χ1v) is 9.96. The number of carbonyl (C=O) groups is 2. The van der Waals surface area contributed by atoms with Gasteiger partial charge in [-0.2, -0.15) is 0 Å². The molecule has 1 heterocycles. The van der Waals surface area contributed by atoms with Crippen LogP contribution < -0.4 is 10.1 Å². The van der Waals surface area contributed by atoms with Gasteiger partial charge in [0, 0.05) is 37.2 Å². The van der Waals surface area contributed by atoms with Crippen LogP contribution in [-0.2, 0) is 4.79 Å². The van der Waals surface area contributed by atoms with E-state index >= 15 is 0 Å². The van der Waals surface area contributed by atoms with Crippen LogP contribution >= 0.6 is 11.6 Å². The number of hydrogen-bond acceptors (Lipinski definition) is 3. The number of ether oxygens (including phenoxy) is 1. The SMILES string of the molecule is CCN(CC)C(=O)N1CCC(NC(=O)COc2cc(C)c(Cl)c(C)c2)CC1. The lowest BCUT2D eigenvalue weighted by Crippen LogP contribution is -2.51. The molecule has 2 rings (SSSR count). The van der Waals surface area contributed by atoms with Crippen molar-refractivity contribution in [1.82, 2.24) is 15.1 Å². The van der Waals surface area contributed by atoms with Crippen LogP contribution in [0.4, 0.5) is 4.79 Å². The third-order valence-electron chi connectivity index (χ3n) is 4.94. The third-order valence-corrected chi connectivity index (χ3v) is 5.54. The minimum Gasteiger partial charge on any atom is -0.484 e. The molecule has 7 heteroatoms. The molecule has 1 aliphatic heterocycles. The van der Waals surface area contributed by atoms with Crippen molar-refractivity contribution in [2.75, 3.05) is 32.8 Å². The molecule has 0 bridgehead atoms. The largest absolute Gasteiger partial charge is 0.484 e. The quantitative estimate of drug-likeness (QED) is 0.803. The van der Waals surface area contributed by atoms with Gasteiger partial charge in [0.15, 0.2) is 6.61 Å². The Morgan fingerprint density at radius 1 is 1.19 bits per heavy atom. The fourth-order valence-electron chi connectivity index (χ4n) is 3.32. The number of likely N-dealkylation sites (tertiary alicyclic amines) is 1. The summed E-state index contributed by atoms with van der Waals surface area (Å²) in [6.07, 6.45) is 1.52. The second kappa shape index (κ2) is 9.83. The second-order valence-corrected chi connectivity index (χ2v) is 7.32. The van der Waals surface area contributed by atoms with Gasteiger partial charge in [-0.15, -0.1) is 0 Å². The van der Waals surface area contributed by atoms with E-state index in [9.17, 15) is 9.59 Å². The first kappa shape index (κ1) is 21.4. The lowest BCUT2D eigenvalue weighted by Gasteiger charge is -2.35. The number of nitrogens with zero attached hydrogens (tertiary/aromatic N) is 2. The van der Waals surface area contributed by atoms with Crippen LogP contribution in [0.5, 0.6) is 5.75 Å². The van der Waals surface area contributed by atoms with Gasteiger partial charge in [0.1, 0.15) is 5.75 Å². The van der Waals surface area contributed by atoms with E-state index in [-0.39, 0.29) is 24.6 Å². The Hall–Kier alpha value is -1.95. The van der Waals surface area contributed by atoms with Crippen molar-refractivity contribution in [3.05, 3.63) is 28.3 Å². The molecule has 1 aromatic rings. The Morgan fingerprint density at radius 2 is 1.74 bits per heavy atom. The average Bonchev–Trinajstić information content (AvgIpc) is 2.65. The van der Waals surface area contributed by atoms with Crippen molar-refractivity contribution in [1.29, 1.82) is 0 Å². The Labute approximate surface area is 166 Å². The predicted molar refractivity (Wildman–Crippen MR) is 107 cm³/mol. The number of amides is 3. The van der Waals surface area contributed by atoms with Crippen molar-refractivity contribution in [3.8, 4) is 5.75 Å². The summed E-state index contributed by atoms with van der Waals surface area (Å²) in [5.41, 5.74) is 1.86. The number of urea groups is 1. The maximum Gasteiger partial charge on any atom is 0.319 e. The normalized spacial score (nSPS) is 14.8. The molecule has 0 saturated carbocycles. The highest BCUT2D eigenvalue weighted by Crippen LogP contribution is 2.25. The summed E-state index contributed by atoms with van der Waals surface area (Å²) in [7, 11) is 0. The van der Waals surface area contributed by atoms with Gasteiger partial charge in [-0.05, 0) is 63.8 Å². The zero-order chi connectivity index (χ0) is 20.0. The monoisotopic (exact) mass is 395 g/mol. The summed E-state index contributed by atoms with van der Waals surface area (Å²) >= 11 is 6.15. The van der Waals surface area contributed by atoms with Crippen LogP contribution in [0.25, 0.3) is 0 Å². The second-order valence-electron chi connectivity index (χ2n) is 6.94. The molecular weight excluding hydrogens is 366 g/mol. The number of halogens is 1. The van der Waals surface area contributed by atoms with E-state index in [1.54, 1.807) is 0 Å². The molecule has 0 spiro atoms. The summed E-state index contributed by atoms with van der Waals surface area (Å²) in [6.45, 7) is 10.5. The van der Waals surface area contributed by atoms with E-state index in [2.05, 4.69) is 5.32 Å². The van der Waals surface area contributed by atoms with Gasteiger partial charge >= 0.3 is 6.03 Å². The van der Waals surface area contributed by atoms with Crippen LogP contribution in [0, 0.1) is 13.8 Å². The average molecular weight is 396 g/mol. The standard InChI is InChI=1S/C20H30ClN3O3/c1-5-23(6-2)20(26)24-9-7-16(8-10-24)22-18(25)13-27-17-11-14(3)19(21)15(4)12-17/h11-12,16H,5-10,13H2,1-4H3,(H,22,25). The van der Waals surface area contributed by atoms with E-state index in [0.29, 0.717) is 31.9 Å². The molecular formula is C20H30ClN3O3.